The van der Waals surface area contributed by atoms with Crippen molar-refractivity contribution in [3.63, 3.8) is 0 Å². The molecule has 0 aliphatic heterocycles. The smallest absolute Gasteiger partial charge is 0.0158 e. The van der Waals surface area contributed by atoms with E-state index in [-0.39, 0.29) is 0 Å². The SMILES string of the molecule is CC(C)C1(C(C)C)C(C)C2(C)C(C)C21C. The molecule has 0 aromatic carbocycles. The highest BCUT2D eigenvalue weighted by molar-refractivity contribution is 5.36. The average Bonchev–Trinajstić information content (AvgIpc) is 2.49. The molecule has 0 bridgehead atoms. The normalized spacial score (nSPS) is 51.6. The fourth-order valence-corrected chi connectivity index (χ4v) is 6.49. The van der Waals surface area contributed by atoms with Gasteiger partial charge in [-0.2, -0.15) is 0 Å². The van der Waals surface area contributed by atoms with E-state index in [2.05, 4.69) is 55.4 Å². The first-order chi connectivity index (χ1) is 6.70. The Kier molecular flexibility index (Phi) is 2.01. The van der Waals surface area contributed by atoms with E-state index in [0.29, 0.717) is 16.2 Å². The number of fused-ring (bicyclic) bond motifs is 1. The van der Waals surface area contributed by atoms with Crippen LogP contribution in [-0.2, 0) is 0 Å². The molecule has 0 aromatic heterocycles. The highest BCUT2D eigenvalue weighted by atomic mass is 14.9. The summed E-state index contributed by atoms with van der Waals surface area (Å²) in [7, 11) is 0. The second kappa shape index (κ2) is 2.63. The molecule has 2 saturated carbocycles. The summed E-state index contributed by atoms with van der Waals surface area (Å²) >= 11 is 0. The molecule has 88 valence electrons. The molecule has 0 nitrogen and oxygen atoms in total. The summed E-state index contributed by atoms with van der Waals surface area (Å²) in [6, 6.07) is 0. The third kappa shape index (κ3) is 0.746. The first-order valence-corrected chi connectivity index (χ1v) is 6.70. The molecule has 4 atom stereocenters. The second-order valence-electron chi connectivity index (χ2n) is 7.17. The molecular weight excluding hydrogens is 180 g/mol. The van der Waals surface area contributed by atoms with Gasteiger partial charge >= 0.3 is 0 Å². The van der Waals surface area contributed by atoms with Gasteiger partial charge < -0.3 is 0 Å². The number of hydrogen-bond acceptors (Lipinski definition) is 0. The van der Waals surface area contributed by atoms with E-state index in [1.807, 2.05) is 0 Å². The van der Waals surface area contributed by atoms with Crippen LogP contribution in [0.2, 0.25) is 0 Å². The maximum Gasteiger partial charge on any atom is -0.0158 e. The molecule has 0 N–H and O–H groups in total. The van der Waals surface area contributed by atoms with Gasteiger partial charge in [-0.3, -0.25) is 0 Å². The van der Waals surface area contributed by atoms with E-state index < -0.39 is 0 Å². The van der Waals surface area contributed by atoms with E-state index in [1.54, 1.807) is 0 Å². The van der Waals surface area contributed by atoms with Crippen molar-refractivity contribution in [2.75, 3.05) is 0 Å². The van der Waals surface area contributed by atoms with E-state index in [1.165, 1.54) is 0 Å². The zero-order chi connectivity index (χ0) is 11.8. The Morgan fingerprint density at radius 1 is 0.800 bits per heavy atom. The van der Waals surface area contributed by atoms with Gasteiger partial charge in [0.15, 0.2) is 0 Å². The number of hydrogen-bond donors (Lipinski definition) is 0. The molecule has 0 amide bonds. The van der Waals surface area contributed by atoms with Crippen LogP contribution in [0.4, 0.5) is 0 Å². The highest BCUT2D eigenvalue weighted by Gasteiger charge is 2.89. The standard InChI is InChI=1S/C15H28/c1-9(2)15(10(3)4)12(6)13(7)11(5)14(13,15)8/h9-12H,1-8H3. The molecule has 2 rings (SSSR count). The Morgan fingerprint density at radius 2 is 1.20 bits per heavy atom. The van der Waals surface area contributed by atoms with E-state index in [9.17, 15) is 0 Å². The summed E-state index contributed by atoms with van der Waals surface area (Å²) in [5.74, 6) is 3.45. The van der Waals surface area contributed by atoms with Gasteiger partial charge in [0.25, 0.3) is 0 Å². The van der Waals surface area contributed by atoms with Crippen LogP contribution in [0.1, 0.15) is 55.4 Å². The van der Waals surface area contributed by atoms with Gasteiger partial charge in [0.2, 0.25) is 0 Å². The highest BCUT2D eigenvalue weighted by Crippen LogP contribution is 2.93. The maximum absolute atomic E-state index is 2.55. The van der Waals surface area contributed by atoms with Crippen molar-refractivity contribution in [1.82, 2.24) is 0 Å². The van der Waals surface area contributed by atoms with Gasteiger partial charge in [-0.05, 0) is 39.9 Å². The van der Waals surface area contributed by atoms with Gasteiger partial charge in [0.1, 0.15) is 0 Å². The van der Waals surface area contributed by atoms with E-state index in [0.717, 1.165) is 23.7 Å². The Hall–Kier alpha value is 0. The maximum atomic E-state index is 2.55. The molecule has 0 radical (unpaired) electrons. The molecule has 2 aliphatic carbocycles. The van der Waals surface area contributed by atoms with Crippen molar-refractivity contribution in [2.24, 2.45) is 39.9 Å². The molecule has 2 fully saturated rings. The molecule has 0 saturated heterocycles. The van der Waals surface area contributed by atoms with Crippen molar-refractivity contribution in [3.05, 3.63) is 0 Å². The predicted octanol–water partition coefficient (Wildman–Crippen LogP) is 4.60. The fraction of sp³-hybridized carbons (Fsp3) is 1.00. The minimum Gasteiger partial charge on any atom is -0.0622 e. The van der Waals surface area contributed by atoms with Crippen molar-refractivity contribution >= 4 is 0 Å². The van der Waals surface area contributed by atoms with Crippen LogP contribution in [0.5, 0.6) is 0 Å². The van der Waals surface area contributed by atoms with Crippen molar-refractivity contribution in [2.45, 2.75) is 55.4 Å². The third-order valence-corrected chi connectivity index (χ3v) is 7.23. The first-order valence-electron chi connectivity index (χ1n) is 6.70. The van der Waals surface area contributed by atoms with Gasteiger partial charge in [-0.15, -0.1) is 0 Å². The summed E-state index contributed by atoms with van der Waals surface area (Å²) in [5, 5.41) is 0. The summed E-state index contributed by atoms with van der Waals surface area (Å²) in [6.07, 6.45) is 0. The number of rotatable bonds is 2. The van der Waals surface area contributed by atoms with E-state index in [4.69, 9.17) is 0 Å². The molecule has 0 heterocycles. The lowest BCUT2D eigenvalue weighted by Gasteiger charge is -2.63. The lowest BCUT2D eigenvalue weighted by atomic mass is 9.41. The topological polar surface area (TPSA) is 0 Å². The summed E-state index contributed by atoms with van der Waals surface area (Å²) in [4.78, 5) is 0. The Labute approximate surface area is 95.8 Å². The van der Waals surface area contributed by atoms with Gasteiger partial charge in [-0.25, -0.2) is 0 Å². The van der Waals surface area contributed by atoms with Crippen LogP contribution in [0.3, 0.4) is 0 Å². The zero-order valence-electron chi connectivity index (χ0n) is 11.8. The lowest BCUT2D eigenvalue weighted by molar-refractivity contribution is -0.163. The summed E-state index contributed by atoms with van der Waals surface area (Å²) in [6.45, 7) is 19.8. The van der Waals surface area contributed by atoms with Crippen molar-refractivity contribution < 1.29 is 0 Å². The van der Waals surface area contributed by atoms with Gasteiger partial charge in [0.05, 0.1) is 0 Å². The fourth-order valence-electron chi connectivity index (χ4n) is 6.49. The van der Waals surface area contributed by atoms with Crippen molar-refractivity contribution in [3.8, 4) is 0 Å². The average molecular weight is 208 g/mol. The molecular formula is C15H28. The zero-order valence-corrected chi connectivity index (χ0v) is 11.8. The van der Waals surface area contributed by atoms with Crippen LogP contribution < -0.4 is 0 Å². The minimum absolute atomic E-state index is 0.584. The van der Waals surface area contributed by atoms with Crippen LogP contribution >= 0.6 is 0 Å². The van der Waals surface area contributed by atoms with Crippen LogP contribution in [0.25, 0.3) is 0 Å². The molecule has 4 unspecified atom stereocenters. The minimum atomic E-state index is 0.584. The lowest BCUT2D eigenvalue weighted by Crippen LogP contribution is -2.59. The predicted molar refractivity (Wildman–Crippen MR) is 66.7 cm³/mol. The molecule has 0 aromatic rings. The summed E-state index contributed by atoms with van der Waals surface area (Å²) in [5.41, 5.74) is 1.84. The monoisotopic (exact) mass is 208 g/mol. The molecule has 0 spiro atoms. The third-order valence-electron chi connectivity index (χ3n) is 7.23. The molecule has 2 aliphatic rings. The largest absolute Gasteiger partial charge is 0.0622 e. The van der Waals surface area contributed by atoms with Crippen LogP contribution in [-0.4, -0.2) is 0 Å². The molecule has 0 heteroatoms. The Bertz CT molecular complexity index is 280. The summed E-state index contributed by atoms with van der Waals surface area (Å²) < 4.78 is 0. The second-order valence-corrected chi connectivity index (χ2v) is 7.17. The van der Waals surface area contributed by atoms with Gasteiger partial charge in [-0.1, -0.05) is 55.4 Å². The van der Waals surface area contributed by atoms with Crippen LogP contribution in [0.15, 0.2) is 0 Å². The Balaban J connectivity index is 2.47. The quantitative estimate of drug-likeness (QED) is 0.622. The first kappa shape index (κ1) is 11.5. The van der Waals surface area contributed by atoms with Gasteiger partial charge in [0, 0.05) is 0 Å². The van der Waals surface area contributed by atoms with E-state index >= 15 is 0 Å². The van der Waals surface area contributed by atoms with Crippen molar-refractivity contribution in [1.29, 1.82) is 0 Å². The van der Waals surface area contributed by atoms with Crippen LogP contribution in [0, 0.1) is 39.9 Å². The Morgan fingerprint density at radius 3 is 1.33 bits per heavy atom. The molecule has 15 heavy (non-hydrogen) atoms.